The molecule has 4 nitrogen and oxygen atoms in total. The molecule has 1 aliphatic rings. The number of piperidine rings is 1. The largest absolute Gasteiger partial charge is 0.334 e. The Labute approximate surface area is 158 Å². The van der Waals surface area contributed by atoms with Gasteiger partial charge in [-0.05, 0) is 53.0 Å². The summed E-state index contributed by atoms with van der Waals surface area (Å²) < 4.78 is 2.26. The molecule has 0 radical (unpaired) electrons. The number of aromatic nitrogens is 2. The van der Waals surface area contributed by atoms with Gasteiger partial charge in [-0.15, -0.1) is 0 Å². The Bertz CT molecular complexity index is 686. The predicted molar refractivity (Wildman–Crippen MR) is 108 cm³/mol. The highest BCUT2D eigenvalue weighted by Crippen LogP contribution is 2.33. The van der Waals surface area contributed by atoms with Crippen LogP contribution in [0.1, 0.15) is 58.7 Å². The van der Waals surface area contributed by atoms with Crippen LogP contribution in [0.2, 0.25) is 0 Å². The van der Waals surface area contributed by atoms with E-state index in [-0.39, 0.29) is 11.1 Å². The normalized spacial score (nSPS) is 19.8. The van der Waals surface area contributed by atoms with Crippen LogP contribution in [0.25, 0.3) is 0 Å². The molecule has 3 rings (SSSR count). The maximum atomic E-state index is 4.38. The SMILES string of the molecule is CCn1cncc1CN(Cc1ccccc1)C1CC(C)(C)NC(C)(C)C1. The number of hydrogen-bond donors (Lipinski definition) is 1. The van der Waals surface area contributed by atoms with Gasteiger partial charge in [0.05, 0.1) is 12.0 Å². The highest BCUT2D eigenvalue weighted by molar-refractivity contribution is 5.15. The van der Waals surface area contributed by atoms with Crippen LogP contribution in [0.3, 0.4) is 0 Å². The maximum absolute atomic E-state index is 4.38. The lowest BCUT2D eigenvalue weighted by atomic mass is 9.79. The monoisotopic (exact) mass is 354 g/mol. The minimum absolute atomic E-state index is 0.145. The fraction of sp³-hybridized carbons (Fsp3) is 0.591. The third kappa shape index (κ3) is 4.74. The number of benzene rings is 1. The summed E-state index contributed by atoms with van der Waals surface area (Å²) in [4.78, 5) is 7.03. The number of hydrogen-bond acceptors (Lipinski definition) is 3. The molecule has 1 fully saturated rings. The molecule has 1 N–H and O–H groups in total. The van der Waals surface area contributed by atoms with Crippen molar-refractivity contribution in [3.05, 3.63) is 54.1 Å². The average molecular weight is 355 g/mol. The second-order valence-electron chi connectivity index (χ2n) is 9.02. The molecule has 142 valence electrons. The Balaban J connectivity index is 1.86. The van der Waals surface area contributed by atoms with Crippen molar-refractivity contribution in [2.24, 2.45) is 0 Å². The minimum atomic E-state index is 0.145. The third-order valence-corrected chi connectivity index (χ3v) is 5.42. The van der Waals surface area contributed by atoms with Crippen LogP contribution in [-0.2, 0) is 19.6 Å². The zero-order valence-electron chi connectivity index (χ0n) is 17.0. The number of nitrogens with zero attached hydrogens (tertiary/aromatic N) is 3. The molecule has 4 heteroatoms. The van der Waals surface area contributed by atoms with Gasteiger partial charge >= 0.3 is 0 Å². The lowest BCUT2D eigenvalue weighted by Gasteiger charge is -2.49. The van der Waals surface area contributed by atoms with E-state index < -0.39 is 0 Å². The topological polar surface area (TPSA) is 33.1 Å². The van der Waals surface area contributed by atoms with E-state index >= 15 is 0 Å². The zero-order valence-corrected chi connectivity index (χ0v) is 17.0. The van der Waals surface area contributed by atoms with E-state index in [2.05, 4.69) is 84.7 Å². The highest BCUT2D eigenvalue weighted by atomic mass is 15.2. The molecule has 0 saturated carbocycles. The summed E-state index contributed by atoms with van der Waals surface area (Å²) >= 11 is 0. The van der Waals surface area contributed by atoms with Crippen LogP contribution in [0, 0.1) is 0 Å². The number of imidazole rings is 1. The molecular formula is C22H34N4. The summed E-state index contributed by atoms with van der Waals surface area (Å²) in [5, 5.41) is 3.82. The first-order chi connectivity index (χ1) is 12.3. The fourth-order valence-electron chi connectivity index (χ4n) is 4.63. The molecule has 2 heterocycles. The fourth-order valence-corrected chi connectivity index (χ4v) is 4.63. The molecule has 1 saturated heterocycles. The molecule has 26 heavy (non-hydrogen) atoms. The van der Waals surface area contributed by atoms with Crippen LogP contribution in [0.4, 0.5) is 0 Å². The third-order valence-electron chi connectivity index (χ3n) is 5.42. The van der Waals surface area contributed by atoms with Gasteiger partial charge in [0.2, 0.25) is 0 Å². The van der Waals surface area contributed by atoms with Crippen molar-refractivity contribution in [1.82, 2.24) is 19.8 Å². The van der Waals surface area contributed by atoms with Gasteiger partial charge < -0.3 is 9.88 Å². The summed E-state index contributed by atoms with van der Waals surface area (Å²) in [5.41, 5.74) is 2.97. The van der Waals surface area contributed by atoms with Crippen LogP contribution in [0.5, 0.6) is 0 Å². The van der Waals surface area contributed by atoms with Crippen molar-refractivity contribution in [1.29, 1.82) is 0 Å². The van der Waals surface area contributed by atoms with Crippen LogP contribution >= 0.6 is 0 Å². The minimum Gasteiger partial charge on any atom is -0.334 e. The number of nitrogens with one attached hydrogen (secondary N) is 1. The van der Waals surface area contributed by atoms with Crippen LogP contribution in [0.15, 0.2) is 42.9 Å². The Morgan fingerprint density at radius 1 is 1.08 bits per heavy atom. The molecule has 0 atom stereocenters. The van der Waals surface area contributed by atoms with Gasteiger partial charge in [0.1, 0.15) is 0 Å². The molecule has 0 amide bonds. The van der Waals surface area contributed by atoms with Gasteiger partial charge in [0, 0.05) is 43.0 Å². The first-order valence-corrected chi connectivity index (χ1v) is 9.84. The summed E-state index contributed by atoms with van der Waals surface area (Å²) in [6.07, 6.45) is 6.29. The molecule has 0 aliphatic carbocycles. The van der Waals surface area contributed by atoms with Crippen LogP contribution < -0.4 is 5.32 Å². The first kappa shape index (κ1) is 19.1. The Kier molecular flexibility index (Phi) is 5.54. The summed E-state index contributed by atoms with van der Waals surface area (Å²) in [6.45, 7) is 14.4. The lowest BCUT2D eigenvalue weighted by Crippen LogP contribution is -2.62. The van der Waals surface area contributed by atoms with Gasteiger partial charge in [-0.3, -0.25) is 4.90 Å². The van der Waals surface area contributed by atoms with Crippen molar-refractivity contribution in [2.45, 2.75) is 84.2 Å². The van der Waals surface area contributed by atoms with Crippen molar-refractivity contribution in [3.8, 4) is 0 Å². The van der Waals surface area contributed by atoms with E-state index in [1.807, 2.05) is 12.5 Å². The summed E-state index contributed by atoms with van der Waals surface area (Å²) in [7, 11) is 0. The predicted octanol–water partition coefficient (Wildman–Crippen LogP) is 4.21. The van der Waals surface area contributed by atoms with Gasteiger partial charge in [0.15, 0.2) is 0 Å². The summed E-state index contributed by atoms with van der Waals surface area (Å²) in [5.74, 6) is 0. The smallest absolute Gasteiger partial charge is 0.0948 e. The molecule has 0 unspecified atom stereocenters. The standard InChI is InChI=1S/C22H34N4/c1-6-25-17-23-14-20(25)16-26(15-18-10-8-7-9-11-18)19-12-21(2,3)24-22(4,5)13-19/h7-11,14,17,19,24H,6,12-13,15-16H2,1-5H3. The number of rotatable bonds is 6. The second kappa shape index (κ2) is 7.53. The maximum Gasteiger partial charge on any atom is 0.0948 e. The molecule has 1 aromatic heterocycles. The second-order valence-corrected chi connectivity index (χ2v) is 9.02. The van der Waals surface area contributed by atoms with Gasteiger partial charge in [-0.25, -0.2) is 4.98 Å². The first-order valence-electron chi connectivity index (χ1n) is 9.84. The quantitative estimate of drug-likeness (QED) is 0.843. The van der Waals surface area contributed by atoms with Crippen molar-refractivity contribution in [3.63, 3.8) is 0 Å². The van der Waals surface area contributed by atoms with E-state index in [1.54, 1.807) is 0 Å². The van der Waals surface area contributed by atoms with E-state index in [0.29, 0.717) is 6.04 Å². The van der Waals surface area contributed by atoms with Crippen LogP contribution in [-0.4, -0.2) is 31.6 Å². The molecule has 1 aromatic carbocycles. The van der Waals surface area contributed by atoms with E-state index in [0.717, 1.165) is 32.5 Å². The lowest BCUT2D eigenvalue weighted by molar-refractivity contribution is 0.0550. The van der Waals surface area contributed by atoms with Gasteiger partial charge in [-0.2, -0.15) is 0 Å². The molecule has 0 bridgehead atoms. The Morgan fingerprint density at radius 3 is 2.35 bits per heavy atom. The molecule has 1 aliphatic heterocycles. The van der Waals surface area contributed by atoms with Gasteiger partial charge in [-0.1, -0.05) is 30.3 Å². The van der Waals surface area contributed by atoms with E-state index in [9.17, 15) is 0 Å². The van der Waals surface area contributed by atoms with E-state index in [1.165, 1.54) is 11.3 Å². The Morgan fingerprint density at radius 2 is 1.73 bits per heavy atom. The zero-order chi connectivity index (χ0) is 18.8. The van der Waals surface area contributed by atoms with Crippen molar-refractivity contribution in [2.75, 3.05) is 0 Å². The molecule has 2 aromatic rings. The highest BCUT2D eigenvalue weighted by Gasteiger charge is 2.40. The Hall–Kier alpha value is -1.65. The van der Waals surface area contributed by atoms with Gasteiger partial charge in [0.25, 0.3) is 0 Å². The summed E-state index contributed by atoms with van der Waals surface area (Å²) in [6, 6.07) is 11.4. The van der Waals surface area contributed by atoms with E-state index in [4.69, 9.17) is 0 Å². The number of aryl methyl sites for hydroxylation is 1. The average Bonchev–Trinajstić information content (AvgIpc) is 2.99. The molecule has 0 spiro atoms. The van der Waals surface area contributed by atoms with Crippen molar-refractivity contribution >= 4 is 0 Å². The van der Waals surface area contributed by atoms with Crippen molar-refractivity contribution < 1.29 is 0 Å². The molecular weight excluding hydrogens is 320 g/mol.